The minimum absolute atomic E-state index is 0.00848. The summed E-state index contributed by atoms with van der Waals surface area (Å²) in [5.41, 5.74) is 0.164. The Hall–Kier alpha value is -2.47. The summed E-state index contributed by atoms with van der Waals surface area (Å²) in [4.78, 5) is 12.8. The van der Waals surface area contributed by atoms with Crippen LogP contribution in [-0.2, 0) is 29.4 Å². The van der Waals surface area contributed by atoms with Crippen LogP contribution in [0.15, 0.2) is 53.4 Å². The molecule has 0 aromatic heterocycles. The first-order valence-corrected chi connectivity index (χ1v) is 13.5. The van der Waals surface area contributed by atoms with Gasteiger partial charge in [-0.05, 0) is 36.8 Å². The molecule has 0 aliphatic carbocycles. The predicted molar refractivity (Wildman–Crippen MR) is 118 cm³/mol. The van der Waals surface area contributed by atoms with E-state index >= 15 is 0 Å². The number of carbonyl (C=O) groups is 1. The zero-order chi connectivity index (χ0) is 22.8. The molecule has 2 heterocycles. The van der Waals surface area contributed by atoms with Crippen molar-refractivity contribution in [3.63, 3.8) is 0 Å². The number of nitrogens with one attached hydrogen (secondary N) is 1. The summed E-state index contributed by atoms with van der Waals surface area (Å²) in [5, 5.41) is 2.69. The molecular weight excluding hydrogens is 456 g/mol. The van der Waals surface area contributed by atoms with Gasteiger partial charge in [0.1, 0.15) is 5.75 Å². The number of sulfonamides is 1. The lowest BCUT2D eigenvalue weighted by atomic mass is 10.1. The first-order valence-electron chi connectivity index (χ1n) is 10.2. The van der Waals surface area contributed by atoms with Gasteiger partial charge in [0.05, 0.1) is 41.2 Å². The second kappa shape index (κ2) is 9.18. The second-order valence-electron chi connectivity index (χ2n) is 7.68. The Bertz CT molecular complexity index is 1190. The van der Waals surface area contributed by atoms with E-state index in [9.17, 15) is 21.6 Å². The van der Waals surface area contributed by atoms with Crippen LogP contribution in [0.3, 0.4) is 0 Å². The number of hydrogen-bond acceptors (Lipinski definition) is 7. The van der Waals surface area contributed by atoms with Gasteiger partial charge in [-0.15, -0.1) is 0 Å². The Morgan fingerprint density at radius 1 is 1.09 bits per heavy atom. The number of benzene rings is 2. The van der Waals surface area contributed by atoms with E-state index in [0.29, 0.717) is 19.0 Å². The molecular formula is C21H24N2O7S2. The molecule has 0 unspecified atom stereocenters. The summed E-state index contributed by atoms with van der Waals surface area (Å²) in [5.74, 6) is -0.667. The van der Waals surface area contributed by atoms with Crippen LogP contribution < -0.4 is 10.1 Å². The highest BCUT2D eigenvalue weighted by atomic mass is 32.2. The number of morpholine rings is 1. The molecule has 0 bridgehead atoms. The first kappa shape index (κ1) is 22.7. The molecule has 172 valence electrons. The van der Waals surface area contributed by atoms with E-state index in [0.717, 1.165) is 0 Å². The van der Waals surface area contributed by atoms with Crippen LogP contribution in [0, 0.1) is 5.92 Å². The Labute approximate surface area is 187 Å². The van der Waals surface area contributed by atoms with Crippen molar-refractivity contribution < 1.29 is 31.1 Å². The van der Waals surface area contributed by atoms with Crippen LogP contribution in [0.5, 0.6) is 11.5 Å². The van der Waals surface area contributed by atoms with Crippen LogP contribution in [0.1, 0.15) is 6.42 Å². The van der Waals surface area contributed by atoms with Gasteiger partial charge in [0.2, 0.25) is 15.9 Å². The number of anilines is 1. The Morgan fingerprint density at radius 2 is 1.81 bits per heavy atom. The Kier molecular flexibility index (Phi) is 6.52. The molecule has 9 nitrogen and oxygen atoms in total. The lowest BCUT2D eigenvalue weighted by Crippen LogP contribution is -2.40. The molecule has 1 amide bonds. The monoisotopic (exact) mass is 480 g/mol. The van der Waals surface area contributed by atoms with Gasteiger partial charge in [-0.3, -0.25) is 4.79 Å². The van der Waals surface area contributed by atoms with Gasteiger partial charge in [0.15, 0.2) is 15.6 Å². The molecule has 11 heteroatoms. The van der Waals surface area contributed by atoms with Gasteiger partial charge in [-0.1, -0.05) is 18.2 Å². The molecule has 2 aliphatic heterocycles. The number of hydrogen-bond donors (Lipinski definition) is 1. The van der Waals surface area contributed by atoms with E-state index < -0.39 is 31.7 Å². The number of nitrogens with zero attached hydrogens (tertiary/aromatic N) is 1. The number of amides is 1. The molecule has 1 N–H and O–H groups in total. The molecule has 0 spiro atoms. The van der Waals surface area contributed by atoms with E-state index in [-0.39, 0.29) is 47.3 Å². The normalized spacial score (nSPS) is 21.2. The highest BCUT2D eigenvalue weighted by Gasteiger charge is 2.34. The van der Waals surface area contributed by atoms with Crippen molar-refractivity contribution in [2.75, 3.05) is 43.1 Å². The van der Waals surface area contributed by atoms with Gasteiger partial charge in [-0.25, -0.2) is 16.8 Å². The summed E-state index contributed by atoms with van der Waals surface area (Å²) in [7, 11) is -7.04. The summed E-state index contributed by atoms with van der Waals surface area (Å²) in [6, 6.07) is 13.1. The minimum atomic E-state index is -3.80. The largest absolute Gasteiger partial charge is 0.455 e. The lowest BCUT2D eigenvalue weighted by Gasteiger charge is -2.26. The zero-order valence-corrected chi connectivity index (χ0v) is 18.9. The van der Waals surface area contributed by atoms with Crippen molar-refractivity contribution in [3.05, 3.63) is 48.5 Å². The maximum atomic E-state index is 13.1. The van der Waals surface area contributed by atoms with E-state index in [1.165, 1.54) is 22.5 Å². The maximum absolute atomic E-state index is 13.1. The molecule has 0 radical (unpaired) electrons. The highest BCUT2D eigenvalue weighted by molar-refractivity contribution is 7.91. The zero-order valence-electron chi connectivity index (χ0n) is 17.3. The molecule has 1 atom stereocenters. The standard InChI is InChI=1S/C21H24N2O7S2/c24-21(16-8-13-31(25,26)15-16)22-19-14-18(32(27,28)23-9-11-29-12-10-23)6-7-20(19)30-17-4-2-1-3-5-17/h1-7,14,16H,8-13,15H2,(H,22,24)/t16-/m1/s1. The van der Waals surface area contributed by atoms with Crippen LogP contribution in [0.2, 0.25) is 0 Å². The van der Waals surface area contributed by atoms with Crippen molar-refractivity contribution in [2.24, 2.45) is 5.92 Å². The number of sulfone groups is 1. The molecule has 4 rings (SSSR count). The van der Waals surface area contributed by atoms with E-state index in [1.54, 1.807) is 24.3 Å². The fourth-order valence-corrected chi connectivity index (χ4v) is 6.82. The maximum Gasteiger partial charge on any atom is 0.243 e. The third kappa shape index (κ3) is 5.12. The highest BCUT2D eigenvalue weighted by Crippen LogP contribution is 2.34. The van der Waals surface area contributed by atoms with Crippen molar-refractivity contribution in [2.45, 2.75) is 11.3 Å². The quantitative estimate of drug-likeness (QED) is 0.670. The topological polar surface area (TPSA) is 119 Å². The summed E-state index contributed by atoms with van der Waals surface area (Å²) in [6.45, 7) is 1.11. The third-order valence-electron chi connectivity index (χ3n) is 5.39. The van der Waals surface area contributed by atoms with Crippen molar-refractivity contribution in [1.29, 1.82) is 0 Å². The lowest BCUT2D eigenvalue weighted by molar-refractivity contribution is -0.119. The first-order chi connectivity index (χ1) is 15.2. The third-order valence-corrected chi connectivity index (χ3v) is 9.05. The van der Waals surface area contributed by atoms with Gasteiger partial charge >= 0.3 is 0 Å². The molecule has 32 heavy (non-hydrogen) atoms. The van der Waals surface area contributed by atoms with Gasteiger partial charge in [0, 0.05) is 13.1 Å². The summed E-state index contributed by atoms with van der Waals surface area (Å²) < 4.78 is 62.1. The van der Waals surface area contributed by atoms with Crippen molar-refractivity contribution in [1.82, 2.24) is 4.31 Å². The van der Waals surface area contributed by atoms with E-state index in [1.807, 2.05) is 6.07 Å². The second-order valence-corrected chi connectivity index (χ2v) is 11.8. The molecule has 2 fully saturated rings. The Balaban J connectivity index is 1.65. The number of carbonyl (C=O) groups excluding carboxylic acids is 1. The molecule has 2 aromatic rings. The predicted octanol–water partition coefficient (Wildman–Crippen LogP) is 1.87. The number of ether oxygens (including phenoxy) is 2. The van der Waals surface area contributed by atoms with Crippen LogP contribution in [0.25, 0.3) is 0 Å². The van der Waals surface area contributed by atoms with Gasteiger partial charge in [-0.2, -0.15) is 4.31 Å². The summed E-state index contributed by atoms with van der Waals surface area (Å²) >= 11 is 0. The van der Waals surface area contributed by atoms with Crippen molar-refractivity contribution >= 4 is 31.5 Å². The van der Waals surface area contributed by atoms with Gasteiger partial charge < -0.3 is 14.8 Å². The summed E-state index contributed by atoms with van der Waals surface area (Å²) in [6.07, 6.45) is 0.231. The molecule has 2 saturated heterocycles. The van der Waals surface area contributed by atoms with E-state index in [2.05, 4.69) is 5.32 Å². The van der Waals surface area contributed by atoms with Crippen LogP contribution >= 0.6 is 0 Å². The molecule has 2 aliphatic rings. The van der Waals surface area contributed by atoms with Crippen LogP contribution in [0.4, 0.5) is 5.69 Å². The van der Waals surface area contributed by atoms with Crippen LogP contribution in [-0.4, -0.2) is 64.9 Å². The average molecular weight is 481 g/mol. The smallest absolute Gasteiger partial charge is 0.243 e. The fourth-order valence-electron chi connectivity index (χ4n) is 3.64. The molecule has 2 aromatic carbocycles. The SMILES string of the molecule is O=C(Nc1cc(S(=O)(=O)N2CCOCC2)ccc1Oc1ccccc1)[C@@H]1CCS(=O)(=O)C1. The number of para-hydroxylation sites is 1. The van der Waals surface area contributed by atoms with Gasteiger partial charge in [0.25, 0.3) is 0 Å². The molecule has 0 saturated carbocycles. The van der Waals surface area contributed by atoms with Crippen molar-refractivity contribution in [3.8, 4) is 11.5 Å². The van der Waals surface area contributed by atoms with E-state index in [4.69, 9.17) is 9.47 Å². The number of rotatable bonds is 6. The minimum Gasteiger partial charge on any atom is -0.455 e. The fraction of sp³-hybridized carbons (Fsp3) is 0.381. The average Bonchev–Trinajstić information content (AvgIpc) is 3.16. The Morgan fingerprint density at radius 3 is 2.47 bits per heavy atom.